The molecular formula is C13H14O5. The van der Waals surface area contributed by atoms with Gasteiger partial charge in [-0.15, -0.1) is 0 Å². The van der Waals surface area contributed by atoms with Crippen LogP contribution in [0.3, 0.4) is 0 Å². The van der Waals surface area contributed by atoms with Gasteiger partial charge in [0.15, 0.2) is 11.6 Å². The molecule has 0 N–H and O–H groups in total. The smallest absolute Gasteiger partial charge is 0.195 e. The molecule has 1 heterocycles. The quantitative estimate of drug-likeness (QED) is 0.752. The number of benzene rings is 1. The summed E-state index contributed by atoms with van der Waals surface area (Å²) in [4.78, 5) is 23.4. The molecule has 1 aliphatic heterocycles. The van der Waals surface area contributed by atoms with Gasteiger partial charge < -0.3 is 14.2 Å². The Morgan fingerprint density at radius 1 is 1.33 bits per heavy atom. The van der Waals surface area contributed by atoms with Crippen LogP contribution < -0.4 is 9.47 Å². The van der Waals surface area contributed by atoms with Crippen LogP contribution in [0.1, 0.15) is 16.8 Å². The molecule has 0 spiro atoms. The van der Waals surface area contributed by atoms with Gasteiger partial charge in [0.05, 0.1) is 19.8 Å². The van der Waals surface area contributed by atoms with Gasteiger partial charge in [-0.25, -0.2) is 0 Å². The van der Waals surface area contributed by atoms with Crippen LogP contribution in [0, 0.1) is 0 Å². The van der Waals surface area contributed by atoms with Crippen molar-refractivity contribution in [2.45, 2.75) is 12.5 Å². The highest BCUT2D eigenvalue weighted by Crippen LogP contribution is 2.27. The summed E-state index contributed by atoms with van der Waals surface area (Å²) in [5, 5.41) is 0. The lowest BCUT2D eigenvalue weighted by atomic mass is 10.0. The van der Waals surface area contributed by atoms with E-state index in [9.17, 15) is 9.59 Å². The van der Waals surface area contributed by atoms with E-state index in [2.05, 4.69) is 0 Å². The zero-order chi connectivity index (χ0) is 13.1. The molecule has 0 saturated carbocycles. The first-order valence-electron chi connectivity index (χ1n) is 5.55. The lowest BCUT2D eigenvalue weighted by Crippen LogP contribution is -2.20. The van der Waals surface area contributed by atoms with Gasteiger partial charge in [-0.05, 0) is 18.2 Å². The van der Waals surface area contributed by atoms with Crippen LogP contribution in [-0.4, -0.2) is 38.5 Å². The summed E-state index contributed by atoms with van der Waals surface area (Å²) in [6.07, 6.45) is -0.586. The second-order valence-corrected chi connectivity index (χ2v) is 3.97. The normalized spacial score (nSPS) is 18.8. The summed E-state index contributed by atoms with van der Waals surface area (Å²) < 4.78 is 15.4. The first kappa shape index (κ1) is 12.6. The van der Waals surface area contributed by atoms with Crippen molar-refractivity contribution in [2.24, 2.45) is 0 Å². The Labute approximate surface area is 105 Å². The van der Waals surface area contributed by atoms with E-state index in [0.717, 1.165) is 0 Å². The maximum atomic E-state index is 12.2. The standard InChI is InChI=1S/C13H14O5/c1-16-9-3-4-11(17-2)10(6-9)13(15)12-5-8(14)7-18-12/h3-4,6,12H,5,7H2,1-2H3/t12-/m0/s1. The molecule has 1 aliphatic rings. The Hall–Kier alpha value is -1.88. The number of ketones is 2. The second-order valence-electron chi connectivity index (χ2n) is 3.97. The highest BCUT2D eigenvalue weighted by atomic mass is 16.5. The van der Waals surface area contributed by atoms with Gasteiger partial charge in [-0.2, -0.15) is 0 Å². The first-order chi connectivity index (χ1) is 8.65. The Balaban J connectivity index is 2.30. The molecule has 0 aliphatic carbocycles. The van der Waals surface area contributed by atoms with Gasteiger partial charge >= 0.3 is 0 Å². The Morgan fingerprint density at radius 3 is 2.67 bits per heavy atom. The molecule has 1 aromatic rings. The van der Waals surface area contributed by atoms with Crippen molar-refractivity contribution in [2.75, 3.05) is 20.8 Å². The molecule has 1 fully saturated rings. The minimum absolute atomic E-state index is 0.00267. The fourth-order valence-corrected chi connectivity index (χ4v) is 1.87. The molecule has 0 aromatic heterocycles. The lowest BCUT2D eigenvalue weighted by molar-refractivity contribution is -0.117. The molecule has 18 heavy (non-hydrogen) atoms. The fraction of sp³-hybridized carbons (Fsp3) is 0.385. The number of carbonyl (C=O) groups excluding carboxylic acids is 2. The molecular weight excluding hydrogens is 236 g/mol. The van der Waals surface area contributed by atoms with Crippen LogP contribution in [0.2, 0.25) is 0 Å². The van der Waals surface area contributed by atoms with Crippen molar-refractivity contribution in [3.05, 3.63) is 23.8 Å². The molecule has 0 unspecified atom stereocenters. The summed E-state index contributed by atoms with van der Waals surface area (Å²) in [5.74, 6) is 0.694. The summed E-state index contributed by atoms with van der Waals surface area (Å²) in [5.41, 5.74) is 0.372. The number of carbonyl (C=O) groups is 2. The third-order valence-corrected chi connectivity index (χ3v) is 2.82. The Morgan fingerprint density at radius 2 is 2.11 bits per heavy atom. The van der Waals surface area contributed by atoms with Crippen LogP contribution in [-0.2, 0) is 9.53 Å². The van der Waals surface area contributed by atoms with E-state index in [1.807, 2.05) is 0 Å². The summed E-state index contributed by atoms with van der Waals surface area (Å²) in [6.45, 7) is 0.00267. The minimum Gasteiger partial charge on any atom is -0.497 e. The number of hydrogen-bond acceptors (Lipinski definition) is 5. The number of hydrogen-bond donors (Lipinski definition) is 0. The van der Waals surface area contributed by atoms with Crippen molar-refractivity contribution in [1.29, 1.82) is 0 Å². The molecule has 5 heteroatoms. The largest absolute Gasteiger partial charge is 0.497 e. The monoisotopic (exact) mass is 250 g/mol. The van der Waals surface area contributed by atoms with Crippen molar-refractivity contribution in [3.8, 4) is 11.5 Å². The molecule has 2 rings (SSSR count). The van der Waals surface area contributed by atoms with Crippen molar-refractivity contribution >= 4 is 11.6 Å². The van der Waals surface area contributed by atoms with Gasteiger partial charge in [-0.1, -0.05) is 0 Å². The highest BCUT2D eigenvalue weighted by Gasteiger charge is 2.31. The molecule has 96 valence electrons. The number of rotatable bonds is 4. The number of ether oxygens (including phenoxy) is 3. The van der Waals surface area contributed by atoms with E-state index in [1.165, 1.54) is 14.2 Å². The molecule has 1 aromatic carbocycles. The third-order valence-electron chi connectivity index (χ3n) is 2.82. The van der Waals surface area contributed by atoms with Gasteiger partial charge in [0, 0.05) is 6.42 Å². The van der Waals surface area contributed by atoms with E-state index < -0.39 is 6.10 Å². The SMILES string of the molecule is COc1ccc(OC)c(C(=O)[C@@H]2CC(=O)CO2)c1. The van der Waals surface area contributed by atoms with Crippen LogP contribution in [0.5, 0.6) is 11.5 Å². The second kappa shape index (κ2) is 5.18. The van der Waals surface area contributed by atoms with E-state index in [1.54, 1.807) is 18.2 Å². The summed E-state index contributed by atoms with van der Waals surface area (Å²) in [6, 6.07) is 4.95. The van der Waals surface area contributed by atoms with Crippen LogP contribution >= 0.6 is 0 Å². The van der Waals surface area contributed by atoms with Crippen LogP contribution in [0.15, 0.2) is 18.2 Å². The van der Waals surface area contributed by atoms with Crippen molar-refractivity contribution in [1.82, 2.24) is 0 Å². The molecule has 0 bridgehead atoms. The number of Topliss-reactive ketones (excluding diaryl/α,β-unsaturated/α-hetero) is 2. The summed E-state index contributed by atoms with van der Waals surface area (Å²) in [7, 11) is 3.00. The van der Waals surface area contributed by atoms with Crippen molar-refractivity contribution in [3.63, 3.8) is 0 Å². The van der Waals surface area contributed by atoms with Gasteiger partial charge in [0.25, 0.3) is 0 Å². The molecule has 1 atom stereocenters. The van der Waals surface area contributed by atoms with Gasteiger partial charge in [0.1, 0.15) is 24.2 Å². The predicted octanol–water partition coefficient (Wildman–Crippen LogP) is 1.24. The van der Waals surface area contributed by atoms with E-state index in [-0.39, 0.29) is 24.6 Å². The zero-order valence-corrected chi connectivity index (χ0v) is 10.3. The summed E-state index contributed by atoms with van der Waals surface area (Å²) >= 11 is 0. The van der Waals surface area contributed by atoms with Crippen LogP contribution in [0.25, 0.3) is 0 Å². The average Bonchev–Trinajstić information content (AvgIpc) is 2.83. The Bertz CT molecular complexity index is 480. The predicted molar refractivity (Wildman–Crippen MR) is 63.2 cm³/mol. The van der Waals surface area contributed by atoms with Gasteiger partial charge in [0.2, 0.25) is 0 Å². The zero-order valence-electron chi connectivity index (χ0n) is 10.3. The lowest BCUT2D eigenvalue weighted by Gasteiger charge is -2.12. The van der Waals surface area contributed by atoms with Gasteiger partial charge in [-0.3, -0.25) is 9.59 Å². The maximum absolute atomic E-state index is 12.2. The van der Waals surface area contributed by atoms with E-state index in [4.69, 9.17) is 14.2 Å². The van der Waals surface area contributed by atoms with E-state index in [0.29, 0.717) is 17.1 Å². The molecule has 1 saturated heterocycles. The molecule has 5 nitrogen and oxygen atoms in total. The van der Waals surface area contributed by atoms with Crippen LogP contribution in [0.4, 0.5) is 0 Å². The minimum atomic E-state index is -0.710. The maximum Gasteiger partial charge on any atom is 0.195 e. The first-order valence-corrected chi connectivity index (χ1v) is 5.55. The fourth-order valence-electron chi connectivity index (χ4n) is 1.87. The van der Waals surface area contributed by atoms with Crippen molar-refractivity contribution < 1.29 is 23.8 Å². The third kappa shape index (κ3) is 2.36. The molecule has 0 radical (unpaired) electrons. The molecule has 0 amide bonds. The highest BCUT2D eigenvalue weighted by molar-refractivity contribution is 6.05. The van der Waals surface area contributed by atoms with E-state index >= 15 is 0 Å². The Kier molecular flexibility index (Phi) is 3.62. The average molecular weight is 250 g/mol. The number of methoxy groups -OCH3 is 2. The topological polar surface area (TPSA) is 61.8 Å².